The van der Waals surface area contributed by atoms with Gasteiger partial charge in [-0.15, -0.1) is 0 Å². The maximum absolute atomic E-state index is 4.29. The number of rotatable bonds is 4. The first-order chi connectivity index (χ1) is 8.16. The van der Waals surface area contributed by atoms with Gasteiger partial charge in [0.15, 0.2) is 0 Å². The summed E-state index contributed by atoms with van der Waals surface area (Å²) in [6.07, 6.45) is 3.37. The summed E-state index contributed by atoms with van der Waals surface area (Å²) >= 11 is 0. The minimum absolute atomic E-state index is 0.458. The molecule has 2 rings (SSSR count). The molecule has 2 aromatic rings. The van der Waals surface area contributed by atoms with Gasteiger partial charge in [0, 0.05) is 30.7 Å². The minimum Gasteiger partial charge on any atom is -0.309 e. The molecule has 0 atom stereocenters. The second-order valence-electron chi connectivity index (χ2n) is 4.30. The zero-order valence-corrected chi connectivity index (χ0v) is 10.4. The fourth-order valence-corrected chi connectivity index (χ4v) is 1.55. The Labute approximate surface area is 101 Å². The van der Waals surface area contributed by atoms with Gasteiger partial charge in [-0.25, -0.2) is 0 Å². The van der Waals surface area contributed by atoms with Gasteiger partial charge in [0.2, 0.25) is 0 Å². The van der Waals surface area contributed by atoms with E-state index in [1.807, 2.05) is 13.0 Å². The van der Waals surface area contributed by atoms with Gasteiger partial charge in [-0.05, 0) is 13.0 Å². The van der Waals surface area contributed by atoms with E-state index < -0.39 is 0 Å². The zero-order valence-electron chi connectivity index (χ0n) is 10.4. The largest absolute Gasteiger partial charge is 0.309 e. The number of aromatic nitrogens is 4. The van der Waals surface area contributed by atoms with Crippen LogP contribution in [0.15, 0.2) is 18.5 Å². The Bertz CT molecular complexity index is 489. The molecule has 0 aliphatic heterocycles. The highest BCUT2D eigenvalue weighted by atomic mass is 15.1. The van der Waals surface area contributed by atoms with Gasteiger partial charge >= 0.3 is 0 Å². The molecule has 0 aliphatic rings. The molecule has 0 amide bonds. The molecule has 0 bridgehead atoms. The number of aryl methyl sites for hydroxylation is 1. The van der Waals surface area contributed by atoms with Gasteiger partial charge in [-0.1, -0.05) is 13.8 Å². The van der Waals surface area contributed by atoms with Gasteiger partial charge in [0.25, 0.3) is 0 Å². The SMILES string of the molecule is Cc1nccnc1-c1cc(CNC(C)C)[nH]n1. The van der Waals surface area contributed by atoms with E-state index in [0.29, 0.717) is 6.04 Å². The third kappa shape index (κ3) is 2.88. The van der Waals surface area contributed by atoms with E-state index in [1.165, 1.54) is 0 Å². The summed E-state index contributed by atoms with van der Waals surface area (Å²) in [5, 5.41) is 10.6. The molecular weight excluding hydrogens is 214 g/mol. The number of aromatic amines is 1. The Balaban J connectivity index is 2.16. The van der Waals surface area contributed by atoms with Gasteiger partial charge in [0.1, 0.15) is 11.4 Å². The topological polar surface area (TPSA) is 66.5 Å². The van der Waals surface area contributed by atoms with Crippen LogP contribution in [0.25, 0.3) is 11.4 Å². The number of nitrogens with one attached hydrogen (secondary N) is 2. The molecule has 2 aromatic heterocycles. The molecule has 2 N–H and O–H groups in total. The van der Waals surface area contributed by atoms with Gasteiger partial charge in [0.05, 0.1) is 5.69 Å². The van der Waals surface area contributed by atoms with Crippen molar-refractivity contribution in [2.45, 2.75) is 33.4 Å². The molecule has 0 radical (unpaired) electrons. The number of hydrogen-bond donors (Lipinski definition) is 2. The highest BCUT2D eigenvalue weighted by Crippen LogP contribution is 2.17. The molecule has 0 aromatic carbocycles. The van der Waals surface area contributed by atoms with Crippen molar-refractivity contribution in [1.29, 1.82) is 0 Å². The van der Waals surface area contributed by atoms with Crippen molar-refractivity contribution in [2.24, 2.45) is 0 Å². The van der Waals surface area contributed by atoms with Crippen molar-refractivity contribution in [1.82, 2.24) is 25.5 Å². The van der Waals surface area contributed by atoms with Crippen LogP contribution in [0.4, 0.5) is 0 Å². The van der Waals surface area contributed by atoms with Gasteiger partial charge < -0.3 is 5.32 Å². The first-order valence-corrected chi connectivity index (χ1v) is 5.72. The zero-order chi connectivity index (χ0) is 12.3. The fourth-order valence-electron chi connectivity index (χ4n) is 1.55. The highest BCUT2D eigenvalue weighted by Gasteiger charge is 2.08. The van der Waals surface area contributed by atoms with E-state index in [0.717, 1.165) is 29.3 Å². The highest BCUT2D eigenvalue weighted by molar-refractivity contribution is 5.56. The third-order valence-corrected chi connectivity index (χ3v) is 2.46. The molecular formula is C12H17N5. The van der Waals surface area contributed by atoms with Crippen LogP contribution in [-0.2, 0) is 6.54 Å². The Kier molecular flexibility index (Phi) is 3.49. The van der Waals surface area contributed by atoms with E-state index in [2.05, 4.69) is 39.3 Å². The molecule has 5 heteroatoms. The van der Waals surface area contributed by atoms with Crippen molar-refractivity contribution in [3.63, 3.8) is 0 Å². The van der Waals surface area contributed by atoms with Crippen LogP contribution >= 0.6 is 0 Å². The summed E-state index contributed by atoms with van der Waals surface area (Å²) in [5.41, 5.74) is 3.62. The number of nitrogens with zero attached hydrogens (tertiary/aromatic N) is 3. The predicted octanol–water partition coefficient (Wildman–Crippen LogP) is 1.67. The first-order valence-electron chi connectivity index (χ1n) is 5.72. The molecule has 0 aliphatic carbocycles. The average Bonchev–Trinajstić information content (AvgIpc) is 2.75. The van der Waals surface area contributed by atoms with Crippen molar-refractivity contribution in [2.75, 3.05) is 0 Å². The average molecular weight is 231 g/mol. The molecule has 90 valence electrons. The lowest BCUT2D eigenvalue weighted by Crippen LogP contribution is -2.21. The molecule has 0 saturated heterocycles. The second kappa shape index (κ2) is 5.05. The summed E-state index contributed by atoms with van der Waals surface area (Å²) in [5.74, 6) is 0. The van der Waals surface area contributed by atoms with Crippen LogP contribution < -0.4 is 5.32 Å². The summed E-state index contributed by atoms with van der Waals surface area (Å²) in [7, 11) is 0. The standard InChI is InChI=1S/C12H17N5/c1-8(2)15-7-10-6-11(17-16-10)12-9(3)13-4-5-14-12/h4-6,8,15H,7H2,1-3H3,(H,16,17). The van der Waals surface area contributed by atoms with E-state index in [9.17, 15) is 0 Å². The number of hydrogen-bond acceptors (Lipinski definition) is 4. The van der Waals surface area contributed by atoms with E-state index in [-0.39, 0.29) is 0 Å². The van der Waals surface area contributed by atoms with E-state index in [4.69, 9.17) is 0 Å². The Morgan fingerprint density at radius 3 is 2.76 bits per heavy atom. The maximum Gasteiger partial charge on any atom is 0.113 e. The van der Waals surface area contributed by atoms with Crippen LogP contribution in [0.5, 0.6) is 0 Å². The lowest BCUT2D eigenvalue weighted by Gasteiger charge is -2.04. The quantitative estimate of drug-likeness (QED) is 0.840. The first kappa shape index (κ1) is 11.7. The summed E-state index contributed by atoms with van der Waals surface area (Å²) in [6, 6.07) is 2.46. The fraction of sp³-hybridized carbons (Fsp3) is 0.417. The molecule has 0 unspecified atom stereocenters. The Hall–Kier alpha value is -1.75. The summed E-state index contributed by atoms with van der Waals surface area (Å²) in [6.45, 7) is 6.95. The van der Waals surface area contributed by atoms with E-state index in [1.54, 1.807) is 12.4 Å². The monoisotopic (exact) mass is 231 g/mol. The van der Waals surface area contributed by atoms with Crippen molar-refractivity contribution < 1.29 is 0 Å². The normalized spacial score (nSPS) is 11.1. The van der Waals surface area contributed by atoms with E-state index >= 15 is 0 Å². The molecule has 17 heavy (non-hydrogen) atoms. The summed E-state index contributed by atoms with van der Waals surface area (Å²) < 4.78 is 0. The Morgan fingerprint density at radius 1 is 1.29 bits per heavy atom. The van der Waals surface area contributed by atoms with Gasteiger partial charge in [-0.2, -0.15) is 5.10 Å². The molecule has 0 saturated carbocycles. The second-order valence-corrected chi connectivity index (χ2v) is 4.30. The molecule has 0 spiro atoms. The smallest absolute Gasteiger partial charge is 0.113 e. The minimum atomic E-state index is 0.458. The maximum atomic E-state index is 4.29. The van der Waals surface area contributed by atoms with Crippen molar-refractivity contribution in [3.8, 4) is 11.4 Å². The van der Waals surface area contributed by atoms with Gasteiger partial charge in [-0.3, -0.25) is 15.1 Å². The molecule has 2 heterocycles. The lowest BCUT2D eigenvalue weighted by atomic mass is 10.2. The lowest BCUT2D eigenvalue weighted by molar-refractivity contribution is 0.580. The summed E-state index contributed by atoms with van der Waals surface area (Å²) in [4.78, 5) is 8.50. The number of H-pyrrole nitrogens is 1. The predicted molar refractivity (Wildman–Crippen MR) is 66.3 cm³/mol. The Morgan fingerprint density at radius 2 is 2.06 bits per heavy atom. The van der Waals surface area contributed by atoms with Crippen molar-refractivity contribution >= 4 is 0 Å². The molecule has 5 nitrogen and oxygen atoms in total. The van der Waals surface area contributed by atoms with Crippen LogP contribution in [0.2, 0.25) is 0 Å². The molecule has 0 fully saturated rings. The third-order valence-electron chi connectivity index (χ3n) is 2.46. The van der Waals surface area contributed by atoms with Crippen LogP contribution in [0.1, 0.15) is 25.2 Å². The van der Waals surface area contributed by atoms with Crippen LogP contribution in [0, 0.1) is 6.92 Å². The van der Waals surface area contributed by atoms with Crippen LogP contribution in [-0.4, -0.2) is 26.2 Å². The van der Waals surface area contributed by atoms with Crippen LogP contribution in [0.3, 0.4) is 0 Å². The van der Waals surface area contributed by atoms with Crippen molar-refractivity contribution in [3.05, 3.63) is 29.8 Å².